The van der Waals surface area contributed by atoms with Crippen LogP contribution in [0.3, 0.4) is 0 Å². The van der Waals surface area contributed by atoms with Crippen molar-refractivity contribution >= 4 is 5.97 Å². The summed E-state index contributed by atoms with van der Waals surface area (Å²) in [5, 5.41) is 9.12. The van der Waals surface area contributed by atoms with E-state index in [2.05, 4.69) is 0 Å². The van der Waals surface area contributed by atoms with Crippen molar-refractivity contribution < 1.29 is 33.6 Å². The molecule has 0 fully saturated rings. The first kappa shape index (κ1) is 16.5. The molecule has 0 aromatic heterocycles. The minimum Gasteiger partial charge on any atom is -0.491 e. The van der Waals surface area contributed by atoms with Gasteiger partial charge in [-0.1, -0.05) is 0 Å². The van der Waals surface area contributed by atoms with Crippen molar-refractivity contribution in [3.63, 3.8) is 0 Å². The normalized spacial score (nSPS) is 18.0. The molecule has 1 aromatic rings. The summed E-state index contributed by atoms with van der Waals surface area (Å²) >= 11 is 0. The van der Waals surface area contributed by atoms with Gasteiger partial charge in [-0.3, -0.25) is 0 Å². The summed E-state index contributed by atoms with van der Waals surface area (Å²) in [7, 11) is 0. The lowest BCUT2D eigenvalue weighted by Gasteiger charge is -2.13. The summed E-state index contributed by atoms with van der Waals surface area (Å²) in [4.78, 5) is 11.1. The second kappa shape index (κ2) is 9.24. The first-order chi connectivity index (χ1) is 10.8. The number of hydrogen-bond acceptors (Lipinski definition) is 6. The largest absolute Gasteiger partial charge is 0.491 e. The third-order valence-corrected chi connectivity index (χ3v) is 2.86. The molecule has 0 unspecified atom stereocenters. The second-order valence-corrected chi connectivity index (χ2v) is 4.53. The van der Waals surface area contributed by atoms with E-state index in [9.17, 15) is 4.79 Å². The molecule has 1 N–H and O–H groups in total. The maximum atomic E-state index is 11.1. The molecule has 0 spiro atoms. The minimum atomic E-state index is -1.03. The molecule has 0 aliphatic carbocycles. The maximum absolute atomic E-state index is 11.1. The van der Waals surface area contributed by atoms with E-state index in [0.29, 0.717) is 64.4 Å². The predicted octanol–water partition coefficient (Wildman–Crippen LogP) is 1.21. The van der Waals surface area contributed by atoms with Gasteiger partial charge in [0.25, 0.3) is 0 Å². The standard InChI is InChI=1S/C15H20O7/c16-15(17)12-9-13-11-14(10-12)22-8-6-20-4-2-18-1-3-19-5-7-21-13/h9-11H,1-8H2,(H,16,17). The Morgan fingerprint density at radius 1 is 0.727 bits per heavy atom. The molecule has 0 saturated heterocycles. The summed E-state index contributed by atoms with van der Waals surface area (Å²) in [6.45, 7) is 3.40. The smallest absolute Gasteiger partial charge is 0.335 e. The molecule has 1 heterocycles. The minimum absolute atomic E-state index is 0.115. The lowest BCUT2D eigenvalue weighted by molar-refractivity contribution is 0.00432. The van der Waals surface area contributed by atoms with Crippen LogP contribution in [0.1, 0.15) is 10.4 Å². The zero-order valence-corrected chi connectivity index (χ0v) is 12.3. The summed E-state index contributed by atoms with van der Waals surface area (Å²) in [5.74, 6) is -0.167. The van der Waals surface area contributed by atoms with Gasteiger partial charge in [-0.05, 0) is 12.1 Å². The fraction of sp³-hybridized carbons (Fsp3) is 0.533. The number of carboxylic acids is 1. The van der Waals surface area contributed by atoms with Gasteiger partial charge in [-0.15, -0.1) is 0 Å². The number of rotatable bonds is 1. The van der Waals surface area contributed by atoms with Crippen LogP contribution >= 0.6 is 0 Å². The van der Waals surface area contributed by atoms with Crippen LogP contribution in [0.5, 0.6) is 11.5 Å². The van der Waals surface area contributed by atoms with Crippen molar-refractivity contribution in [2.75, 3.05) is 52.9 Å². The molecule has 22 heavy (non-hydrogen) atoms. The van der Waals surface area contributed by atoms with E-state index in [1.807, 2.05) is 0 Å². The molecular formula is C15H20O7. The van der Waals surface area contributed by atoms with Crippen molar-refractivity contribution in [3.8, 4) is 11.5 Å². The highest BCUT2D eigenvalue weighted by molar-refractivity contribution is 5.88. The quantitative estimate of drug-likeness (QED) is 0.834. The van der Waals surface area contributed by atoms with Crippen LogP contribution in [0.2, 0.25) is 0 Å². The highest BCUT2D eigenvalue weighted by Crippen LogP contribution is 2.23. The van der Waals surface area contributed by atoms with Crippen LogP contribution < -0.4 is 9.47 Å². The molecule has 0 saturated carbocycles. The molecule has 0 amide bonds. The van der Waals surface area contributed by atoms with Crippen LogP contribution in [0.4, 0.5) is 0 Å². The number of carboxylic acid groups (broad SMARTS) is 1. The zero-order valence-electron chi connectivity index (χ0n) is 12.3. The van der Waals surface area contributed by atoms with Crippen molar-refractivity contribution in [2.45, 2.75) is 0 Å². The van der Waals surface area contributed by atoms with Gasteiger partial charge in [0.1, 0.15) is 24.7 Å². The Labute approximate surface area is 128 Å². The van der Waals surface area contributed by atoms with Gasteiger partial charge in [-0.25, -0.2) is 4.79 Å². The van der Waals surface area contributed by atoms with Crippen LogP contribution in [-0.2, 0) is 14.2 Å². The van der Waals surface area contributed by atoms with Crippen LogP contribution in [-0.4, -0.2) is 63.9 Å². The van der Waals surface area contributed by atoms with E-state index in [4.69, 9.17) is 28.8 Å². The van der Waals surface area contributed by atoms with Gasteiger partial charge in [0.05, 0.1) is 45.2 Å². The van der Waals surface area contributed by atoms with E-state index in [0.717, 1.165) is 0 Å². The van der Waals surface area contributed by atoms with Crippen molar-refractivity contribution in [1.82, 2.24) is 0 Å². The number of hydrogen-bond donors (Lipinski definition) is 1. The molecule has 2 bridgehead atoms. The van der Waals surface area contributed by atoms with Crippen molar-refractivity contribution in [2.24, 2.45) is 0 Å². The highest BCUT2D eigenvalue weighted by atomic mass is 16.6. The lowest BCUT2D eigenvalue weighted by Crippen LogP contribution is -2.15. The molecule has 1 aliphatic heterocycles. The lowest BCUT2D eigenvalue weighted by atomic mass is 10.2. The number of carbonyl (C=O) groups is 1. The fourth-order valence-electron chi connectivity index (χ4n) is 1.84. The van der Waals surface area contributed by atoms with Crippen LogP contribution in [0.15, 0.2) is 18.2 Å². The van der Waals surface area contributed by atoms with E-state index >= 15 is 0 Å². The fourth-order valence-corrected chi connectivity index (χ4v) is 1.84. The van der Waals surface area contributed by atoms with E-state index in [1.54, 1.807) is 6.07 Å². The molecular weight excluding hydrogens is 292 g/mol. The maximum Gasteiger partial charge on any atom is 0.335 e. The molecule has 7 nitrogen and oxygen atoms in total. The number of fused-ring (bicyclic) bond motifs is 2. The van der Waals surface area contributed by atoms with E-state index in [1.165, 1.54) is 12.1 Å². The Morgan fingerprint density at radius 2 is 1.14 bits per heavy atom. The molecule has 0 atom stereocenters. The van der Waals surface area contributed by atoms with Crippen molar-refractivity contribution in [3.05, 3.63) is 23.8 Å². The third-order valence-electron chi connectivity index (χ3n) is 2.86. The molecule has 2 rings (SSSR count). The van der Waals surface area contributed by atoms with E-state index < -0.39 is 5.97 Å². The summed E-state index contributed by atoms with van der Waals surface area (Å²) < 4.78 is 27.0. The first-order valence-corrected chi connectivity index (χ1v) is 7.13. The Bertz CT molecular complexity index is 443. The SMILES string of the molecule is O=C(O)c1cc2cc(c1)OCCOCCOCCOCCO2. The van der Waals surface area contributed by atoms with Gasteiger partial charge in [0, 0.05) is 6.07 Å². The molecule has 0 radical (unpaired) electrons. The second-order valence-electron chi connectivity index (χ2n) is 4.53. The molecule has 122 valence electrons. The number of ether oxygens (including phenoxy) is 5. The predicted molar refractivity (Wildman–Crippen MR) is 76.8 cm³/mol. The summed E-state index contributed by atoms with van der Waals surface area (Å²) in [5.41, 5.74) is 0.115. The Hall–Kier alpha value is -1.83. The first-order valence-electron chi connectivity index (χ1n) is 7.13. The van der Waals surface area contributed by atoms with Gasteiger partial charge < -0.3 is 28.8 Å². The van der Waals surface area contributed by atoms with E-state index in [-0.39, 0.29) is 5.56 Å². The topological polar surface area (TPSA) is 83.5 Å². The van der Waals surface area contributed by atoms with Gasteiger partial charge in [-0.2, -0.15) is 0 Å². The Kier molecular flexibility index (Phi) is 6.95. The Morgan fingerprint density at radius 3 is 1.55 bits per heavy atom. The average Bonchev–Trinajstić information content (AvgIpc) is 2.50. The highest BCUT2D eigenvalue weighted by Gasteiger charge is 2.09. The van der Waals surface area contributed by atoms with Gasteiger partial charge in [0.15, 0.2) is 0 Å². The van der Waals surface area contributed by atoms with Crippen LogP contribution in [0, 0.1) is 0 Å². The van der Waals surface area contributed by atoms with Crippen molar-refractivity contribution in [1.29, 1.82) is 0 Å². The summed E-state index contributed by atoms with van der Waals surface area (Å²) in [6, 6.07) is 4.57. The monoisotopic (exact) mass is 312 g/mol. The number of benzene rings is 1. The van der Waals surface area contributed by atoms with Crippen LogP contribution in [0.25, 0.3) is 0 Å². The van der Waals surface area contributed by atoms with Gasteiger partial charge >= 0.3 is 5.97 Å². The summed E-state index contributed by atoms with van der Waals surface area (Å²) in [6.07, 6.45) is 0. The molecule has 1 aliphatic rings. The molecule has 7 heteroatoms. The number of aromatic carboxylic acids is 1. The zero-order chi connectivity index (χ0) is 15.6. The third kappa shape index (κ3) is 5.88. The average molecular weight is 312 g/mol. The Balaban J connectivity index is 2.01. The van der Waals surface area contributed by atoms with Gasteiger partial charge in [0.2, 0.25) is 0 Å². The molecule has 1 aromatic carbocycles.